The standard InChI is InChI=1S/C10H15BN2O2/c1-6-8(5-11)12-7(2)9(13-6)10-14-3-4-15-10/h10H,3-5,11H2,1-2H3. The molecule has 1 fully saturated rings. The molecular formula is C10H15BN2O2. The fourth-order valence-corrected chi connectivity index (χ4v) is 1.74. The number of hydrogen-bond acceptors (Lipinski definition) is 4. The molecule has 0 amide bonds. The summed E-state index contributed by atoms with van der Waals surface area (Å²) in [6.45, 7) is 5.20. The number of aromatic nitrogens is 2. The maximum atomic E-state index is 5.42. The second-order valence-corrected chi connectivity index (χ2v) is 3.65. The fourth-order valence-electron chi connectivity index (χ4n) is 1.74. The number of nitrogens with zero attached hydrogens (tertiary/aromatic N) is 2. The van der Waals surface area contributed by atoms with E-state index >= 15 is 0 Å². The summed E-state index contributed by atoms with van der Waals surface area (Å²) < 4.78 is 10.8. The monoisotopic (exact) mass is 206 g/mol. The van der Waals surface area contributed by atoms with E-state index in [0.29, 0.717) is 13.2 Å². The van der Waals surface area contributed by atoms with Crippen molar-refractivity contribution >= 4 is 7.85 Å². The Labute approximate surface area is 90.4 Å². The zero-order valence-corrected chi connectivity index (χ0v) is 9.41. The zero-order chi connectivity index (χ0) is 10.8. The predicted molar refractivity (Wildman–Crippen MR) is 58.4 cm³/mol. The van der Waals surface area contributed by atoms with E-state index in [1.807, 2.05) is 13.8 Å². The molecule has 0 N–H and O–H groups in total. The minimum atomic E-state index is -0.317. The van der Waals surface area contributed by atoms with Crippen LogP contribution in [0.3, 0.4) is 0 Å². The lowest BCUT2D eigenvalue weighted by molar-refractivity contribution is -0.0481. The predicted octanol–water partition coefficient (Wildman–Crippen LogP) is 0.272. The van der Waals surface area contributed by atoms with Crippen molar-refractivity contribution in [2.45, 2.75) is 26.5 Å². The molecule has 0 unspecified atom stereocenters. The number of aryl methyl sites for hydroxylation is 2. The lowest BCUT2D eigenvalue weighted by Crippen LogP contribution is -2.10. The molecule has 15 heavy (non-hydrogen) atoms. The highest BCUT2D eigenvalue weighted by Gasteiger charge is 2.23. The van der Waals surface area contributed by atoms with Gasteiger partial charge < -0.3 is 9.47 Å². The molecule has 0 bridgehead atoms. The first kappa shape index (κ1) is 10.6. The summed E-state index contributed by atoms with van der Waals surface area (Å²) in [5, 5.41) is 0. The first-order valence-corrected chi connectivity index (χ1v) is 5.29. The SMILES string of the molecule is BCc1nc(C)c(C2OCCO2)nc1C. The van der Waals surface area contributed by atoms with Gasteiger partial charge in [-0.05, 0) is 20.2 Å². The van der Waals surface area contributed by atoms with Crippen LogP contribution in [0.5, 0.6) is 0 Å². The van der Waals surface area contributed by atoms with Gasteiger partial charge in [0.15, 0.2) is 0 Å². The molecule has 1 aliphatic heterocycles. The highest BCUT2D eigenvalue weighted by atomic mass is 16.7. The molecule has 0 aliphatic carbocycles. The Morgan fingerprint density at radius 1 is 1.20 bits per heavy atom. The lowest BCUT2D eigenvalue weighted by atomic mass is 10.00. The minimum Gasteiger partial charge on any atom is -0.345 e. The topological polar surface area (TPSA) is 44.2 Å². The van der Waals surface area contributed by atoms with Crippen molar-refractivity contribution in [2.75, 3.05) is 13.2 Å². The van der Waals surface area contributed by atoms with Crippen molar-refractivity contribution in [3.05, 3.63) is 22.8 Å². The number of hydrogen-bond donors (Lipinski definition) is 0. The van der Waals surface area contributed by atoms with Gasteiger partial charge in [-0.25, -0.2) is 4.98 Å². The third-order valence-electron chi connectivity index (χ3n) is 2.56. The van der Waals surface area contributed by atoms with Gasteiger partial charge in [0.05, 0.1) is 30.3 Å². The molecule has 4 nitrogen and oxygen atoms in total. The third-order valence-corrected chi connectivity index (χ3v) is 2.56. The summed E-state index contributed by atoms with van der Waals surface area (Å²) in [4.78, 5) is 9.03. The van der Waals surface area contributed by atoms with Gasteiger partial charge in [0.1, 0.15) is 13.5 Å². The Kier molecular flexibility index (Phi) is 3.02. The normalized spacial score (nSPS) is 17.2. The summed E-state index contributed by atoms with van der Waals surface area (Å²) >= 11 is 0. The van der Waals surface area contributed by atoms with Crippen LogP contribution in [-0.2, 0) is 15.8 Å². The van der Waals surface area contributed by atoms with Crippen molar-refractivity contribution in [3.63, 3.8) is 0 Å². The molecule has 2 heterocycles. The van der Waals surface area contributed by atoms with Gasteiger partial charge in [-0.1, -0.05) is 0 Å². The van der Waals surface area contributed by atoms with E-state index in [-0.39, 0.29) is 6.29 Å². The highest BCUT2D eigenvalue weighted by molar-refractivity contribution is 6.08. The first-order valence-electron chi connectivity index (χ1n) is 5.29. The summed E-state index contributed by atoms with van der Waals surface area (Å²) in [6, 6.07) is 0. The minimum absolute atomic E-state index is 0.317. The van der Waals surface area contributed by atoms with Gasteiger partial charge in [-0.3, -0.25) is 4.98 Å². The Hall–Kier alpha value is -0.935. The van der Waals surface area contributed by atoms with Crippen LogP contribution in [0.15, 0.2) is 0 Å². The maximum Gasteiger partial charge on any atom is 0.203 e. The van der Waals surface area contributed by atoms with Crippen LogP contribution >= 0.6 is 0 Å². The molecule has 0 aromatic carbocycles. The Bertz CT molecular complexity index is 365. The molecule has 1 aromatic rings. The average molecular weight is 206 g/mol. The largest absolute Gasteiger partial charge is 0.345 e. The molecule has 2 rings (SSSR count). The highest BCUT2D eigenvalue weighted by Crippen LogP contribution is 2.24. The molecule has 1 saturated heterocycles. The molecule has 5 heteroatoms. The van der Waals surface area contributed by atoms with E-state index < -0.39 is 0 Å². The molecule has 0 saturated carbocycles. The van der Waals surface area contributed by atoms with Gasteiger partial charge in [-0.15, -0.1) is 0 Å². The second kappa shape index (κ2) is 4.29. The van der Waals surface area contributed by atoms with Gasteiger partial charge in [0.25, 0.3) is 0 Å². The van der Waals surface area contributed by atoms with Crippen molar-refractivity contribution in [1.29, 1.82) is 0 Å². The molecule has 0 atom stereocenters. The summed E-state index contributed by atoms with van der Waals surface area (Å²) in [7, 11) is 2.08. The van der Waals surface area contributed by atoms with Gasteiger partial charge in [0, 0.05) is 0 Å². The molecule has 80 valence electrons. The van der Waals surface area contributed by atoms with Crippen LogP contribution in [0.1, 0.15) is 29.1 Å². The van der Waals surface area contributed by atoms with E-state index in [0.717, 1.165) is 29.1 Å². The van der Waals surface area contributed by atoms with Crippen molar-refractivity contribution in [1.82, 2.24) is 9.97 Å². The quantitative estimate of drug-likeness (QED) is 0.651. The average Bonchev–Trinajstić information content (AvgIpc) is 2.74. The van der Waals surface area contributed by atoms with E-state index in [1.165, 1.54) is 0 Å². The van der Waals surface area contributed by atoms with Crippen LogP contribution in [-0.4, -0.2) is 31.0 Å². The van der Waals surface area contributed by atoms with E-state index in [2.05, 4.69) is 17.8 Å². The first-order chi connectivity index (χ1) is 7.22. The smallest absolute Gasteiger partial charge is 0.203 e. The van der Waals surface area contributed by atoms with E-state index in [9.17, 15) is 0 Å². The van der Waals surface area contributed by atoms with Crippen LogP contribution in [0.2, 0.25) is 0 Å². The molecule has 1 aromatic heterocycles. The van der Waals surface area contributed by atoms with Crippen molar-refractivity contribution in [3.8, 4) is 0 Å². The van der Waals surface area contributed by atoms with Crippen molar-refractivity contribution in [2.24, 2.45) is 0 Å². The van der Waals surface area contributed by atoms with Gasteiger partial charge in [0.2, 0.25) is 6.29 Å². The lowest BCUT2D eigenvalue weighted by Gasteiger charge is -2.13. The Morgan fingerprint density at radius 3 is 2.47 bits per heavy atom. The summed E-state index contributed by atoms with van der Waals surface area (Å²) in [5.74, 6) is 0. The van der Waals surface area contributed by atoms with Crippen LogP contribution in [0.25, 0.3) is 0 Å². The second-order valence-electron chi connectivity index (χ2n) is 3.65. The van der Waals surface area contributed by atoms with Gasteiger partial charge in [-0.2, -0.15) is 0 Å². The Morgan fingerprint density at radius 2 is 1.87 bits per heavy atom. The fraction of sp³-hybridized carbons (Fsp3) is 0.600. The number of ether oxygens (including phenoxy) is 2. The summed E-state index contributed by atoms with van der Waals surface area (Å²) in [6.07, 6.45) is 0.592. The van der Waals surface area contributed by atoms with Crippen LogP contribution in [0, 0.1) is 13.8 Å². The van der Waals surface area contributed by atoms with Crippen molar-refractivity contribution < 1.29 is 9.47 Å². The van der Waals surface area contributed by atoms with E-state index in [1.54, 1.807) is 0 Å². The van der Waals surface area contributed by atoms with E-state index in [4.69, 9.17) is 9.47 Å². The summed E-state index contributed by atoms with van der Waals surface area (Å²) in [5.41, 5.74) is 3.75. The molecule has 0 radical (unpaired) electrons. The van der Waals surface area contributed by atoms with Gasteiger partial charge >= 0.3 is 0 Å². The maximum absolute atomic E-state index is 5.42. The molecule has 0 spiro atoms. The third kappa shape index (κ3) is 2.03. The Balaban J connectivity index is 2.35. The van der Waals surface area contributed by atoms with Crippen LogP contribution in [0.4, 0.5) is 0 Å². The van der Waals surface area contributed by atoms with Crippen LogP contribution < -0.4 is 0 Å². The number of rotatable bonds is 2. The molecule has 1 aliphatic rings. The molecular weight excluding hydrogens is 191 g/mol. The zero-order valence-electron chi connectivity index (χ0n) is 9.41.